The Morgan fingerprint density at radius 3 is 2.38 bits per heavy atom. The lowest BCUT2D eigenvalue weighted by Gasteiger charge is -2.39. The van der Waals surface area contributed by atoms with Gasteiger partial charge in [-0.25, -0.2) is 4.98 Å². The van der Waals surface area contributed by atoms with Crippen molar-refractivity contribution in [3.05, 3.63) is 50.4 Å². The third-order valence-electron chi connectivity index (χ3n) is 6.63. The highest BCUT2D eigenvalue weighted by Gasteiger charge is 2.33. The van der Waals surface area contributed by atoms with Gasteiger partial charge in [-0.2, -0.15) is 10.2 Å². The first-order valence-corrected chi connectivity index (χ1v) is 13.9. The predicted molar refractivity (Wildman–Crippen MR) is 161 cm³/mol. The summed E-state index contributed by atoms with van der Waals surface area (Å²) in [5.41, 5.74) is 0.284. The summed E-state index contributed by atoms with van der Waals surface area (Å²) in [6.07, 6.45) is 3.04. The molecule has 0 aliphatic carbocycles. The summed E-state index contributed by atoms with van der Waals surface area (Å²) in [5, 5.41) is 13.2. The summed E-state index contributed by atoms with van der Waals surface area (Å²) >= 11 is 13.3. The van der Waals surface area contributed by atoms with Crippen LogP contribution in [0.1, 0.15) is 20.8 Å². The van der Waals surface area contributed by atoms with Crippen molar-refractivity contribution in [2.45, 2.75) is 33.4 Å². The molecule has 1 amide bonds. The Morgan fingerprint density at radius 1 is 1.19 bits per heavy atom. The zero-order chi connectivity index (χ0) is 30.8. The molecule has 13 heteroatoms. The molecule has 3 heterocycles. The van der Waals surface area contributed by atoms with Crippen molar-refractivity contribution in [2.75, 3.05) is 46.3 Å². The number of hydrogen-bond acceptors (Lipinski definition) is 9. The first-order valence-electron chi connectivity index (χ1n) is 13.1. The van der Waals surface area contributed by atoms with Gasteiger partial charge in [0.25, 0.3) is 11.5 Å². The number of nitrogens with zero attached hydrogens (tertiary/aromatic N) is 5. The van der Waals surface area contributed by atoms with Crippen LogP contribution in [0.3, 0.4) is 0 Å². The fourth-order valence-electron chi connectivity index (χ4n) is 4.55. The number of methoxy groups -OCH3 is 2. The zero-order valence-corrected chi connectivity index (χ0v) is 25.8. The third-order valence-corrected chi connectivity index (χ3v) is 7.38. The van der Waals surface area contributed by atoms with Gasteiger partial charge in [0.05, 0.1) is 49.1 Å². The Bertz CT molecular complexity index is 1620. The highest BCUT2D eigenvalue weighted by atomic mass is 35.5. The zero-order valence-electron chi connectivity index (χ0n) is 24.2. The van der Waals surface area contributed by atoms with Crippen molar-refractivity contribution >= 4 is 46.1 Å². The number of ether oxygens (including phenoxy) is 3. The van der Waals surface area contributed by atoms with Crippen molar-refractivity contribution < 1.29 is 19.0 Å². The van der Waals surface area contributed by atoms with Gasteiger partial charge in [-0.3, -0.25) is 14.2 Å². The molecule has 4 rings (SSSR count). The summed E-state index contributed by atoms with van der Waals surface area (Å²) in [6, 6.07) is 5.18. The quantitative estimate of drug-likeness (QED) is 0.272. The molecular formula is C29H32Cl2N6O5. The normalized spacial score (nSPS) is 14.0. The van der Waals surface area contributed by atoms with E-state index in [0.717, 1.165) is 0 Å². The molecule has 0 unspecified atom stereocenters. The van der Waals surface area contributed by atoms with Gasteiger partial charge in [0.2, 0.25) is 5.95 Å². The second-order valence-electron chi connectivity index (χ2n) is 10.8. The van der Waals surface area contributed by atoms with Crippen LogP contribution in [-0.4, -0.2) is 72.4 Å². The van der Waals surface area contributed by atoms with Crippen LogP contribution < -0.4 is 20.3 Å². The smallest absolute Gasteiger partial charge is 0.264 e. The third kappa shape index (κ3) is 6.31. The Kier molecular flexibility index (Phi) is 9.30. The van der Waals surface area contributed by atoms with Crippen LogP contribution in [0.2, 0.25) is 10.0 Å². The second-order valence-corrected chi connectivity index (χ2v) is 11.5. The molecule has 0 bridgehead atoms. The average Bonchev–Trinajstić information content (AvgIpc) is 2.93. The number of allylic oxidation sites excluding steroid dienone is 1. The summed E-state index contributed by atoms with van der Waals surface area (Å²) in [4.78, 5) is 37.0. The number of carbonyl (C=O) groups is 1. The van der Waals surface area contributed by atoms with Crippen LogP contribution in [0, 0.1) is 16.7 Å². The fourth-order valence-corrected chi connectivity index (χ4v) is 5.26. The van der Waals surface area contributed by atoms with E-state index >= 15 is 0 Å². The number of carbonyl (C=O) groups excluding carboxylic acids is 1. The second kappa shape index (κ2) is 12.6. The topological polar surface area (TPSA) is 132 Å². The van der Waals surface area contributed by atoms with Gasteiger partial charge in [-0.1, -0.05) is 50.0 Å². The monoisotopic (exact) mass is 614 g/mol. The number of benzene rings is 1. The highest BCUT2D eigenvalue weighted by molar-refractivity contribution is 6.41. The molecule has 1 fully saturated rings. The van der Waals surface area contributed by atoms with Crippen LogP contribution in [-0.2, 0) is 16.1 Å². The fraction of sp³-hybridized carbons (Fsp3) is 0.414. The molecule has 11 nitrogen and oxygen atoms in total. The lowest BCUT2D eigenvalue weighted by Crippen LogP contribution is -2.55. The molecule has 3 aromatic rings. The first-order chi connectivity index (χ1) is 19.9. The number of amides is 1. The molecular weight excluding hydrogens is 583 g/mol. The van der Waals surface area contributed by atoms with E-state index in [1.165, 1.54) is 18.8 Å². The van der Waals surface area contributed by atoms with E-state index in [2.05, 4.69) is 15.3 Å². The number of halogens is 2. The van der Waals surface area contributed by atoms with Crippen molar-refractivity contribution in [1.82, 2.24) is 19.4 Å². The Balaban J connectivity index is 1.62. The summed E-state index contributed by atoms with van der Waals surface area (Å²) < 4.78 is 18.3. The minimum Gasteiger partial charge on any atom is -0.495 e. The molecule has 0 saturated carbocycles. The molecule has 1 saturated heterocycles. The van der Waals surface area contributed by atoms with E-state index in [4.69, 9.17) is 37.4 Å². The van der Waals surface area contributed by atoms with E-state index in [0.29, 0.717) is 41.6 Å². The predicted octanol–water partition coefficient (Wildman–Crippen LogP) is 4.55. The van der Waals surface area contributed by atoms with Crippen LogP contribution in [0.5, 0.6) is 11.5 Å². The standard InChI is InChI=1S/C29H32Cl2N6O5/c1-29(2,3)11-17(12-32)26(38)36-14-18(15-36)42-8-7-37-25-16(13-34-28(33-4)35-25)9-19(27(37)39)22-23(30)20(40-5)10-21(41-6)24(22)31/h9-11,13,18H,7-8,14-15H2,1-6H3,(H,33,34,35)/b17-11-. The van der Waals surface area contributed by atoms with Crippen molar-refractivity contribution in [3.8, 4) is 28.7 Å². The van der Waals surface area contributed by atoms with E-state index in [-0.39, 0.29) is 57.3 Å². The van der Waals surface area contributed by atoms with Crippen molar-refractivity contribution in [3.63, 3.8) is 0 Å². The van der Waals surface area contributed by atoms with Crippen LogP contribution >= 0.6 is 23.2 Å². The summed E-state index contributed by atoms with van der Waals surface area (Å²) in [7, 11) is 4.60. The van der Waals surface area contributed by atoms with E-state index < -0.39 is 5.56 Å². The molecule has 1 aromatic carbocycles. The maximum absolute atomic E-state index is 13.9. The van der Waals surface area contributed by atoms with Crippen molar-refractivity contribution in [1.29, 1.82) is 5.26 Å². The Morgan fingerprint density at radius 2 is 1.83 bits per heavy atom. The minimum atomic E-state index is -0.401. The highest BCUT2D eigenvalue weighted by Crippen LogP contribution is 2.45. The van der Waals surface area contributed by atoms with Gasteiger partial charge < -0.3 is 24.4 Å². The van der Waals surface area contributed by atoms with Gasteiger partial charge in [-0.05, 0) is 11.5 Å². The number of nitriles is 1. The number of nitrogens with one attached hydrogen (secondary N) is 1. The van der Waals surface area contributed by atoms with Crippen LogP contribution in [0.4, 0.5) is 5.95 Å². The lowest BCUT2D eigenvalue weighted by molar-refractivity contribution is -0.140. The number of aromatic nitrogens is 3. The van der Waals surface area contributed by atoms with E-state index in [1.54, 1.807) is 36.4 Å². The van der Waals surface area contributed by atoms with Crippen LogP contribution in [0.25, 0.3) is 22.2 Å². The molecule has 2 aromatic heterocycles. The van der Waals surface area contributed by atoms with Gasteiger partial charge >= 0.3 is 0 Å². The average molecular weight is 616 g/mol. The maximum Gasteiger partial charge on any atom is 0.264 e. The lowest BCUT2D eigenvalue weighted by atomic mass is 9.93. The first kappa shape index (κ1) is 31.1. The number of pyridine rings is 1. The van der Waals surface area contributed by atoms with Crippen LogP contribution in [0.15, 0.2) is 34.8 Å². The number of rotatable bonds is 9. The number of hydrogen-bond donors (Lipinski definition) is 1. The molecule has 1 aliphatic rings. The summed E-state index contributed by atoms with van der Waals surface area (Å²) in [6.45, 7) is 6.79. The largest absolute Gasteiger partial charge is 0.495 e. The van der Waals surface area contributed by atoms with Gasteiger partial charge in [0.15, 0.2) is 0 Å². The SMILES string of the molecule is CNc1ncc2cc(-c3c(Cl)c(OC)cc(OC)c3Cl)c(=O)n(CCOC3CN(C(=O)/C(C#N)=C\C(C)(C)C)C3)c2n1. The van der Waals surface area contributed by atoms with E-state index in [1.807, 2.05) is 26.8 Å². The number of anilines is 1. The van der Waals surface area contributed by atoms with Gasteiger partial charge in [-0.15, -0.1) is 0 Å². The molecule has 0 radical (unpaired) electrons. The Labute approximate surface area is 253 Å². The molecule has 42 heavy (non-hydrogen) atoms. The molecule has 1 aliphatic heterocycles. The maximum atomic E-state index is 13.9. The number of fused-ring (bicyclic) bond motifs is 1. The van der Waals surface area contributed by atoms with Gasteiger partial charge in [0.1, 0.15) is 28.8 Å². The molecule has 0 atom stereocenters. The van der Waals surface area contributed by atoms with Gasteiger partial charge in [0, 0.05) is 43.4 Å². The minimum absolute atomic E-state index is 0.113. The van der Waals surface area contributed by atoms with E-state index in [9.17, 15) is 14.9 Å². The Hall–Kier alpha value is -3.85. The molecule has 0 spiro atoms. The number of likely N-dealkylation sites (tertiary alicyclic amines) is 1. The van der Waals surface area contributed by atoms with Crippen molar-refractivity contribution in [2.24, 2.45) is 5.41 Å². The molecule has 1 N–H and O–H groups in total. The molecule has 222 valence electrons. The summed E-state index contributed by atoms with van der Waals surface area (Å²) in [5.74, 6) is 0.615.